The molecule has 1 aliphatic heterocycles. The number of nitrogens with zero attached hydrogens (tertiary/aromatic N) is 1. The van der Waals surface area contributed by atoms with Gasteiger partial charge in [0.1, 0.15) is 5.82 Å². The van der Waals surface area contributed by atoms with Crippen LogP contribution in [0.2, 0.25) is 0 Å². The van der Waals surface area contributed by atoms with Crippen molar-refractivity contribution < 1.29 is 4.39 Å². The molecule has 3 rings (SSSR count). The number of halogens is 1. The second kappa shape index (κ2) is 4.73. The van der Waals surface area contributed by atoms with E-state index in [0.29, 0.717) is 6.04 Å². The molecule has 1 unspecified atom stereocenters. The summed E-state index contributed by atoms with van der Waals surface area (Å²) in [6, 6.07) is 6.27. The van der Waals surface area contributed by atoms with Crippen LogP contribution in [0.15, 0.2) is 24.4 Å². The van der Waals surface area contributed by atoms with E-state index >= 15 is 0 Å². The molecule has 2 aromatic rings. The highest BCUT2D eigenvalue weighted by Gasteiger charge is 2.16. The van der Waals surface area contributed by atoms with Crippen LogP contribution in [0.5, 0.6) is 0 Å². The zero-order valence-corrected chi connectivity index (χ0v) is 10.7. The first-order valence-corrected chi connectivity index (χ1v) is 6.71. The van der Waals surface area contributed by atoms with E-state index in [2.05, 4.69) is 5.32 Å². The van der Waals surface area contributed by atoms with Gasteiger partial charge in [-0.05, 0) is 43.5 Å². The fraction of sp³-hybridized carbons (Fsp3) is 0.467. The van der Waals surface area contributed by atoms with E-state index in [9.17, 15) is 4.39 Å². The van der Waals surface area contributed by atoms with Gasteiger partial charge in [0.05, 0.1) is 5.52 Å². The van der Waals surface area contributed by atoms with Gasteiger partial charge in [-0.25, -0.2) is 4.39 Å². The highest BCUT2D eigenvalue weighted by molar-refractivity contribution is 5.81. The van der Waals surface area contributed by atoms with Gasteiger partial charge in [0.15, 0.2) is 0 Å². The Labute approximate surface area is 107 Å². The van der Waals surface area contributed by atoms with Crippen molar-refractivity contribution in [3.05, 3.63) is 35.8 Å². The fourth-order valence-corrected chi connectivity index (χ4v) is 2.88. The maximum Gasteiger partial charge on any atom is 0.135 e. The lowest BCUT2D eigenvalue weighted by atomic mass is 9.97. The number of hydrogen-bond donors (Lipinski definition) is 1. The Balaban J connectivity index is 1.89. The summed E-state index contributed by atoms with van der Waals surface area (Å²) < 4.78 is 16.4. The third-order valence-electron chi connectivity index (χ3n) is 3.96. The lowest BCUT2D eigenvalue weighted by Crippen LogP contribution is -2.35. The van der Waals surface area contributed by atoms with E-state index in [4.69, 9.17) is 0 Å². The van der Waals surface area contributed by atoms with Gasteiger partial charge in [0, 0.05) is 24.7 Å². The fourth-order valence-electron chi connectivity index (χ4n) is 2.88. The van der Waals surface area contributed by atoms with E-state index in [1.54, 1.807) is 0 Å². The van der Waals surface area contributed by atoms with E-state index in [1.165, 1.54) is 12.8 Å². The Morgan fingerprint density at radius 2 is 2.22 bits per heavy atom. The van der Waals surface area contributed by atoms with Crippen LogP contribution in [0, 0.1) is 5.82 Å². The summed E-state index contributed by atoms with van der Waals surface area (Å²) in [7, 11) is 1.95. The second-order valence-corrected chi connectivity index (χ2v) is 5.25. The second-order valence-electron chi connectivity index (χ2n) is 5.25. The average Bonchev–Trinajstić information content (AvgIpc) is 2.77. The highest BCUT2D eigenvalue weighted by Crippen LogP contribution is 2.23. The predicted octanol–water partition coefficient (Wildman–Crippen LogP) is 3.00. The van der Waals surface area contributed by atoms with Gasteiger partial charge >= 0.3 is 0 Å². The third-order valence-corrected chi connectivity index (χ3v) is 3.96. The molecular formula is C15H19FN2. The summed E-state index contributed by atoms with van der Waals surface area (Å²) in [6.45, 7) is 1.07. The molecule has 3 heteroatoms. The smallest absolute Gasteiger partial charge is 0.135 e. The maximum absolute atomic E-state index is 14.4. The monoisotopic (exact) mass is 246 g/mol. The summed E-state index contributed by atoms with van der Waals surface area (Å²) in [5.41, 5.74) is 1.81. The lowest BCUT2D eigenvalue weighted by molar-refractivity contribution is 0.395. The van der Waals surface area contributed by atoms with Gasteiger partial charge in [-0.1, -0.05) is 12.5 Å². The molecule has 1 saturated heterocycles. The van der Waals surface area contributed by atoms with Crippen molar-refractivity contribution in [1.29, 1.82) is 0 Å². The predicted molar refractivity (Wildman–Crippen MR) is 72.2 cm³/mol. The van der Waals surface area contributed by atoms with Crippen LogP contribution in [0.4, 0.5) is 4.39 Å². The van der Waals surface area contributed by atoms with Crippen molar-refractivity contribution in [2.24, 2.45) is 7.05 Å². The van der Waals surface area contributed by atoms with Gasteiger partial charge in [-0.2, -0.15) is 0 Å². The Morgan fingerprint density at radius 1 is 1.33 bits per heavy atom. The van der Waals surface area contributed by atoms with Crippen molar-refractivity contribution >= 4 is 10.9 Å². The van der Waals surface area contributed by atoms with Crippen molar-refractivity contribution in [1.82, 2.24) is 9.88 Å². The van der Waals surface area contributed by atoms with Crippen molar-refractivity contribution in [3.8, 4) is 0 Å². The van der Waals surface area contributed by atoms with Crippen LogP contribution in [0.3, 0.4) is 0 Å². The standard InChI is InChI=1S/C15H19FN2/c1-18-9-7-13-14(18)6-5-11(15(13)16)10-12-4-2-3-8-17-12/h5-7,9,12,17H,2-4,8,10H2,1H3. The molecular weight excluding hydrogens is 227 g/mol. The van der Waals surface area contributed by atoms with Crippen LogP contribution in [0.1, 0.15) is 24.8 Å². The Kier molecular flexibility index (Phi) is 3.08. The summed E-state index contributed by atoms with van der Waals surface area (Å²) in [5, 5.41) is 4.22. The van der Waals surface area contributed by atoms with Crippen LogP contribution in [-0.4, -0.2) is 17.2 Å². The van der Waals surface area contributed by atoms with E-state index in [-0.39, 0.29) is 5.82 Å². The van der Waals surface area contributed by atoms with Crippen molar-refractivity contribution in [2.45, 2.75) is 31.7 Å². The van der Waals surface area contributed by atoms with Gasteiger partial charge in [-0.15, -0.1) is 0 Å². The highest BCUT2D eigenvalue weighted by atomic mass is 19.1. The summed E-state index contributed by atoms with van der Waals surface area (Å²) in [5.74, 6) is -0.0412. The maximum atomic E-state index is 14.4. The molecule has 1 fully saturated rings. The van der Waals surface area contributed by atoms with Crippen LogP contribution in [-0.2, 0) is 13.5 Å². The van der Waals surface area contributed by atoms with Crippen molar-refractivity contribution in [2.75, 3.05) is 6.54 Å². The first-order valence-electron chi connectivity index (χ1n) is 6.71. The molecule has 1 aromatic heterocycles. The van der Waals surface area contributed by atoms with Gasteiger partial charge < -0.3 is 9.88 Å². The Morgan fingerprint density at radius 3 is 3.00 bits per heavy atom. The van der Waals surface area contributed by atoms with Crippen molar-refractivity contribution in [3.63, 3.8) is 0 Å². The zero-order valence-electron chi connectivity index (χ0n) is 10.7. The molecule has 2 heterocycles. The molecule has 1 aliphatic rings. The van der Waals surface area contributed by atoms with E-state index < -0.39 is 0 Å². The normalized spacial score (nSPS) is 20.4. The van der Waals surface area contributed by atoms with E-state index in [0.717, 1.165) is 35.9 Å². The molecule has 0 saturated carbocycles. The number of rotatable bonds is 2. The third kappa shape index (κ3) is 2.03. The summed E-state index contributed by atoms with van der Waals surface area (Å²) in [4.78, 5) is 0. The molecule has 1 N–H and O–H groups in total. The minimum Gasteiger partial charge on any atom is -0.350 e. The van der Waals surface area contributed by atoms with Crippen LogP contribution in [0.25, 0.3) is 10.9 Å². The Bertz CT molecular complexity index is 553. The molecule has 1 aromatic carbocycles. The molecule has 96 valence electrons. The molecule has 0 bridgehead atoms. The van der Waals surface area contributed by atoms with Crippen LogP contribution < -0.4 is 5.32 Å². The molecule has 0 aliphatic carbocycles. The average molecular weight is 246 g/mol. The molecule has 2 nitrogen and oxygen atoms in total. The largest absolute Gasteiger partial charge is 0.350 e. The number of hydrogen-bond acceptors (Lipinski definition) is 1. The number of piperidine rings is 1. The SMILES string of the molecule is Cn1ccc2c(F)c(CC3CCCCN3)ccc21. The first kappa shape index (κ1) is 11.7. The van der Waals surface area contributed by atoms with Gasteiger partial charge in [0.25, 0.3) is 0 Å². The molecule has 0 radical (unpaired) electrons. The number of fused-ring (bicyclic) bond motifs is 1. The van der Waals surface area contributed by atoms with Crippen LogP contribution >= 0.6 is 0 Å². The van der Waals surface area contributed by atoms with E-state index in [1.807, 2.05) is 36.0 Å². The van der Waals surface area contributed by atoms with Gasteiger partial charge in [-0.3, -0.25) is 0 Å². The quantitative estimate of drug-likeness (QED) is 0.862. The number of aryl methyl sites for hydroxylation is 1. The summed E-state index contributed by atoms with van der Waals surface area (Å²) in [6.07, 6.45) is 6.38. The minimum atomic E-state index is -0.0412. The molecule has 0 amide bonds. The zero-order chi connectivity index (χ0) is 12.5. The molecule has 1 atom stereocenters. The number of aromatic nitrogens is 1. The topological polar surface area (TPSA) is 17.0 Å². The summed E-state index contributed by atoms with van der Waals surface area (Å²) >= 11 is 0. The first-order chi connectivity index (χ1) is 8.75. The minimum absolute atomic E-state index is 0.0412. The lowest BCUT2D eigenvalue weighted by Gasteiger charge is -2.23. The number of benzene rings is 1. The molecule has 0 spiro atoms. The molecule has 18 heavy (non-hydrogen) atoms. The Hall–Kier alpha value is -1.35. The number of nitrogens with one attached hydrogen (secondary N) is 1. The van der Waals surface area contributed by atoms with Gasteiger partial charge in [0.2, 0.25) is 0 Å².